The van der Waals surface area contributed by atoms with Gasteiger partial charge in [0.25, 0.3) is 0 Å². The highest BCUT2D eigenvalue weighted by molar-refractivity contribution is 6.14. The van der Waals surface area contributed by atoms with E-state index in [0.29, 0.717) is 5.95 Å². The van der Waals surface area contributed by atoms with E-state index in [1.165, 1.54) is 43.8 Å². The Bertz CT molecular complexity index is 2030. The second-order valence-electron chi connectivity index (χ2n) is 10.4. The summed E-state index contributed by atoms with van der Waals surface area (Å²) in [6.45, 7) is 4.68. The molecule has 0 unspecified atom stereocenters. The Balaban J connectivity index is 1.47. The highest BCUT2D eigenvalue weighted by atomic mass is 15.2. The first-order valence-electron chi connectivity index (χ1n) is 12.4. The van der Waals surface area contributed by atoms with E-state index in [-0.39, 0.29) is 5.41 Å². The molecule has 2 heterocycles. The number of hydrogen-bond acceptors (Lipinski definition) is 2. The number of para-hydroxylation sites is 2. The molecule has 0 amide bonds. The Kier molecular flexibility index (Phi) is 3.73. The average molecular weight is 462 g/mol. The van der Waals surface area contributed by atoms with E-state index in [1.807, 2.05) is 24.4 Å². The van der Waals surface area contributed by atoms with Crippen LogP contribution in [0.5, 0.6) is 0 Å². The molecule has 0 saturated carbocycles. The molecule has 36 heavy (non-hydrogen) atoms. The van der Waals surface area contributed by atoms with Crippen LogP contribution in [-0.2, 0) is 5.41 Å². The topological polar surface area (TPSA) is 30.7 Å². The third-order valence-corrected chi connectivity index (χ3v) is 8.01. The lowest BCUT2D eigenvalue weighted by Gasteiger charge is -2.21. The van der Waals surface area contributed by atoms with Crippen LogP contribution in [0.1, 0.15) is 25.0 Å². The predicted molar refractivity (Wildman–Crippen MR) is 149 cm³/mol. The van der Waals surface area contributed by atoms with Crippen LogP contribution in [0, 0.1) is 0 Å². The normalized spacial score (nSPS) is 14.1. The fourth-order valence-corrected chi connectivity index (χ4v) is 6.20. The Labute approximate surface area is 208 Å². The van der Waals surface area contributed by atoms with E-state index < -0.39 is 0 Å². The zero-order valence-corrected chi connectivity index (χ0v) is 20.2. The van der Waals surface area contributed by atoms with Crippen LogP contribution in [-0.4, -0.2) is 14.5 Å². The monoisotopic (exact) mass is 461 g/mol. The van der Waals surface area contributed by atoms with Crippen LogP contribution in [0.4, 0.5) is 0 Å². The van der Waals surface area contributed by atoms with Crippen molar-refractivity contribution in [2.45, 2.75) is 19.3 Å². The number of benzene rings is 5. The van der Waals surface area contributed by atoms with E-state index in [0.717, 1.165) is 21.9 Å². The minimum atomic E-state index is -0.0119. The Morgan fingerprint density at radius 2 is 1.39 bits per heavy atom. The van der Waals surface area contributed by atoms with Gasteiger partial charge in [-0.25, -0.2) is 9.97 Å². The third kappa shape index (κ3) is 2.52. The molecule has 8 rings (SSSR count). The lowest BCUT2D eigenvalue weighted by atomic mass is 9.82. The van der Waals surface area contributed by atoms with Crippen molar-refractivity contribution >= 4 is 43.5 Å². The molecule has 1 aliphatic carbocycles. The number of hydrogen-bond donors (Lipinski definition) is 0. The molecule has 0 N–H and O–H groups in total. The van der Waals surface area contributed by atoms with Gasteiger partial charge in [0.2, 0.25) is 5.95 Å². The molecule has 2 aromatic heterocycles. The number of nitrogens with zero attached hydrogens (tertiary/aromatic N) is 3. The molecule has 170 valence electrons. The molecule has 5 aromatic carbocycles. The molecular formula is C33H23N3. The molecule has 0 saturated heterocycles. The van der Waals surface area contributed by atoms with Gasteiger partial charge in [-0.05, 0) is 69.4 Å². The molecule has 0 spiro atoms. The van der Waals surface area contributed by atoms with Crippen molar-refractivity contribution in [3.8, 4) is 17.1 Å². The first-order chi connectivity index (χ1) is 17.6. The summed E-state index contributed by atoms with van der Waals surface area (Å²) in [6, 6.07) is 35.0. The molecular weight excluding hydrogens is 438 g/mol. The summed E-state index contributed by atoms with van der Waals surface area (Å²) >= 11 is 0. The second-order valence-corrected chi connectivity index (χ2v) is 10.4. The maximum Gasteiger partial charge on any atom is 0.235 e. The van der Waals surface area contributed by atoms with E-state index in [2.05, 4.69) is 97.3 Å². The molecule has 0 radical (unpaired) electrons. The zero-order valence-electron chi connectivity index (χ0n) is 20.2. The van der Waals surface area contributed by atoms with Crippen LogP contribution in [0.15, 0.2) is 103 Å². The van der Waals surface area contributed by atoms with Gasteiger partial charge in [-0.3, -0.25) is 4.57 Å². The van der Waals surface area contributed by atoms with Crippen molar-refractivity contribution in [2.24, 2.45) is 0 Å². The van der Waals surface area contributed by atoms with Gasteiger partial charge in [0.15, 0.2) is 0 Å². The van der Waals surface area contributed by atoms with Gasteiger partial charge in [0, 0.05) is 27.8 Å². The van der Waals surface area contributed by atoms with Crippen molar-refractivity contribution in [3.63, 3.8) is 0 Å². The Morgan fingerprint density at radius 3 is 2.33 bits per heavy atom. The zero-order chi connectivity index (χ0) is 24.0. The quantitative estimate of drug-likeness (QED) is 0.247. The van der Waals surface area contributed by atoms with Gasteiger partial charge in [-0.2, -0.15) is 0 Å². The first-order valence-corrected chi connectivity index (χ1v) is 12.4. The minimum Gasteiger partial charge on any atom is -0.278 e. The maximum atomic E-state index is 4.96. The fourth-order valence-electron chi connectivity index (χ4n) is 6.20. The molecule has 0 aliphatic heterocycles. The van der Waals surface area contributed by atoms with E-state index >= 15 is 0 Å². The van der Waals surface area contributed by atoms with E-state index in [9.17, 15) is 0 Å². The maximum absolute atomic E-state index is 4.96. The standard InChI is InChI=1S/C33H23N3/c1-33(2)27-12-6-4-10-23(27)25-15-22-18-31-26(16-21(22)17-28(25)33)24-11-5-8-14-30(24)36(31)32-34-19-20-9-3-7-13-29(20)35-32/h3-19H,1-2H3. The average Bonchev–Trinajstić information content (AvgIpc) is 3.34. The molecule has 7 aromatic rings. The van der Waals surface area contributed by atoms with Crippen LogP contribution in [0.3, 0.4) is 0 Å². The SMILES string of the molecule is CC1(C)c2ccccc2-c2cc3cc4c(cc3cc21)c1ccccc1n4-c1ncc2ccccc2n1. The van der Waals surface area contributed by atoms with Crippen molar-refractivity contribution in [3.05, 3.63) is 114 Å². The van der Waals surface area contributed by atoms with Gasteiger partial charge < -0.3 is 0 Å². The van der Waals surface area contributed by atoms with Crippen molar-refractivity contribution in [2.75, 3.05) is 0 Å². The summed E-state index contributed by atoms with van der Waals surface area (Å²) in [5.41, 5.74) is 8.68. The third-order valence-electron chi connectivity index (χ3n) is 8.01. The summed E-state index contributed by atoms with van der Waals surface area (Å²) in [4.78, 5) is 9.74. The fraction of sp³-hybridized carbons (Fsp3) is 0.0909. The Hall–Kier alpha value is -4.50. The summed E-state index contributed by atoms with van der Waals surface area (Å²) in [5.74, 6) is 0.701. The lowest BCUT2D eigenvalue weighted by molar-refractivity contribution is 0.661. The number of fused-ring (bicyclic) bond motifs is 8. The molecule has 3 heteroatoms. The van der Waals surface area contributed by atoms with Crippen LogP contribution in [0.2, 0.25) is 0 Å². The number of aromatic nitrogens is 3. The van der Waals surface area contributed by atoms with Gasteiger partial charge in [-0.15, -0.1) is 0 Å². The minimum absolute atomic E-state index is 0.0119. The van der Waals surface area contributed by atoms with Crippen molar-refractivity contribution < 1.29 is 0 Å². The molecule has 0 bridgehead atoms. The van der Waals surface area contributed by atoms with Crippen LogP contribution >= 0.6 is 0 Å². The van der Waals surface area contributed by atoms with Crippen LogP contribution in [0.25, 0.3) is 60.6 Å². The molecule has 0 fully saturated rings. The van der Waals surface area contributed by atoms with Crippen molar-refractivity contribution in [1.82, 2.24) is 14.5 Å². The second kappa shape index (κ2) is 6.79. The van der Waals surface area contributed by atoms with Gasteiger partial charge >= 0.3 is 0 Å². The predicted octanol–water partition coefficient (Wildman–Crippen LogP) is 8.19. The first kappa shape index (κ1) is 19.8. The highest BCUT2D eigenvalue weighted by Gasteiger charge is 2.35. The smallest absolute Gasteiger partial charge is 0.235 e. The van der Waals surface area contributed by atoms with E-state index in [4.69, 9.17) is 9.97 Å². The summed E-state index contributed by atoms with van der Waals surface area (Å²) in [6.07, 6.45) is 1.92. The van der Waals surface area contributed by atoms with Crippen molar-refractivity contribution in [1.29, 1.82) is 0 Å². The lowest BCUT2D eigenvalue weighted by Crippen LogP contribution is -2.14. The Morgan fingerprint density at radius 1 is 0.611 bits per heavy atom. The highest BCUT2D eigenvalue weighted by Crippen LogP contribution is 2.50. The molecule has 3 nitrogen and oxygen atoms in total. The molecule has 0 atom stereocenters. The molecule has 1 aliphatic rings. The van der Waals surface area contributed by atoms with Gasteiger partial charge in [-0.1, -0.05) is 74.5 Å². The summed E-state index contributed by atoms with van der Waals surface area (Å²) in [7, 11) is 0. The van der Waals surface area contributed by atoms with Gasteiger partial charge in [0.1, 0.15) is 0 Å². The largest absolute Gasteiger partial charge is 0.278 e. The van der Waals surface area contributed by atoms with E-state index in [1.54, 1.807) is 0 Å². The summed E-state index contributed by atoms with van der Waals surface area (Å²) in [5, 5.41) is 5.99. The van der Waals surface area contributed by atoms with Gasteiger partial charge in [0.05, 0.1) is 16.6 Å². The van der Waals surface area contributed by atoms with Crippen LogP contribution < -0.4 is 0 Å². The number of rotatable bonds is 1. The summed E-state index contributed by atoms with van der Waals surface area (Å²) < 4.78 is 2.21.